The van der Waals surface area contributed by atoms with Crippen LogP contribution in [0.2, 0.25) is 10.0 Å². The van der Waals surface area contributed by atoms with Crippen LogP contribution in [0.15, 0.2) is 72.2 Å². The number of nitrogens with zero attached hydrogens (tertiary/aromatic N) is 6. The number of halogens is 2. The van der Waals surface area contributed by atoms with Crippen molar-refractivity contribution in [3.8, 4) is 11.1 Å². The zero-order valence-electron chi connectivity index (χ0n) is 18.7. The van der Waals surface area contributed by atoms with Crippen molar-refractivity contribution >= 4 is 34.6 Å². The molecular formula is C25H20Cl2N6O2. The third-order valence-electron chi connectivity index (χ3n) is 6.50. The molecule has 2 unspecified atom stereocenters. The molecular weight excluding hydrogens is 487 g/mol. The molecule has 0 radical (unpaired) electrons. The minimum Gasteiger partial charge on any atom is -0.482 e. The maximum absolute atomic E-state index is 14.1. The summed E-state index contributed by atoms with van der Waals surface area (Å²) in [6.45, 7) is 0.371. The highest BCUT2D eigenvalue weighted by Crippen LogP contribution is 2.48. The fourth-order valence-electron chi connectivity index (χ4n) is 5.07. The molecule has 0 bridgehead atoms. The molecule has 176 valence electrons. The first-order chi connectivity index (χ1) is 16.9. The first kappa shape index (κ1) is 23.2. The molecule has 2 aromatic carbocycles. The summed E-state index contributed by atoms with van der Waals surface area (Å²) in [4.78, 5) is 27.2. The second-order valence-corrected chi connectivity index (χ2v) is 9.45. The van der Waals surface area contributed by atoms with Crippen molar-refractivity contribution in [1.29, 1.82) is 0 Å². The smallest absolute Gasteiger partial charge is 0.201 e. The standard InChI is InChI=1S/C25H20Cl2N6O2/c1-35-24-22(17-6-19(26)8-20(27)7-17)23(34)25(10-21(31-32-28)13-33(24)25)9-15-2-4-16(5-3-15)18-11-29-14-30-12-18/h2-8,11-12,14,21H,9-10,13H2,1H3. The Hall–Kier alpha value is -3.58. The number of carbonyl (C=O) groups is 1. The first-order valence-corrected chi connectivity index (χ1v) is 11.7. The third kappa shape index (κ3) is 4.10. The largest absolute Gasteiger partial charge is 0.482 e. The maximum atomic E-state index is 14.1. The minimum absolute atomic E-state index is 0.108. The molecule has 0 N–H and O–H groups in total. The fourth-order valence-corrected chi connectivity index (χ4v) is 5.60. The Morgan fingerprint density at radius 2 is 1.80 bits per heavy atom. The van der Waals surface area contributed by atoms with Crippen molar-refractivity contribution in [2.24, 2.45) is 5.11 Å². The Bertz CT molecular complexity index is 1350. The summed E-state index contributed by atoms with van der Waals surface area (Å²) < 4.78 is 5.76. The number of carbonyl (C=O) groups excluding carboxylic acids is 1. The lowest BCUT2D eigenvalue weighted by Gasteiger charge is -2.33. The SMILES string of the molecule is COC1=C(c2cc(Cl)cc(Cl)c2)C(=O)C2(Cc3ccc(-c4cncnc4)cc3)CC(N=[N+]=[N-])CN12. The number of Topliss-reactive ketones (excluding diaryl/α,β-unsaturated/α-hetero) is 1. The van der Waals surface area contributed by atoms with E-state index in [1.54, 1.807) is 30.6 Å². The number of azide groups is 1. The summed E-state index contributed by atoms with van der Waals surface area (Å²) in [6, 6.07) is 12.6. The van der Waals surface area contributed by atoms with Gasteiger partial charge in [0.25, 0.3) is 0 Å². The molecule has 0 amide bonds. The van der Waals surface area contributed by atoms with Crippen molar-refractivity contribution in [2.45, 2.75) is 24.4 Å². The fraction of sp³-hybridized carbons (Fsp3) is 0.240. The highest BCUT2D eigenvalue weighted by molar-refractivity contribution is 6.36. The summed E-state index contributed by atoms with van der Waals surface area (Å²) in [5, 5.41) is 4.78. The number of aromatic nitrogens is 2. The lowest BCUT2D eigenvalue weighted by atomic mass is 9.81. The highest BCUT2D eigenvalue weighted by Gasteiger charge is 2.58. The van der Waals surface area contributed by atoms with Gasteiger partial charge in [-0.25, -0.2) is 9.97 Å². The van der Waals surface area contributed by atoms with Crippen LogP contribution in [0.4, 0.5) is 0 Å². The Balaban J connectivity index is 1.55. The number of hydrogen-bond donors (Lipinski definition) is 0. The number of methoxy groups -OCH3 is 1. The normalized spacial score (nSPS) is 21.2. The predicted octanol–water partition coefficient (Wildman–Crippen LogP) is 5.71. The zero-order valence-corrected chi connectivity index (χ0v) is 20.2. The number of ether oxygens (including phenoxy) is 1. The summed E-state index contributed by atoms with van der Waals surface area (Å²) >= 11 is 12.5. The molecule has 0 spiro atoms. The predicted molar refractivity (Wildman–Crippen MR) is 134 cm³/mol. The quantitative estimate of drug-likeness (QED) is 0.241. The molecule has 3 aromatic rings. The molecule has 35 heavy (non-hydrogen) atoms. The van der Waals surface area contributed by atoms with Crippen LogP contribution in [0.25, 0.3) is 27.1 Å². The summed E-state index contributed by atoms with van der Waals surface area (Å²) in [5.41, 5.74) is 12.0. The molecule has 2 aliphatic heterocycles. The van der Waals surface area contributed by atoms with Gasteiger partial charge in [0.15, 0.2) is 5.78 Å². The van der Waals surface area contributed by atoms with E-state index >= 15 is 0 Å². The van der Waals surface area contributed by atoms with Crippen LogP contribution >= 0.6 is 23.2 Å². The third-order valence-corrected chi connectivity index (χ3v) is 6.93. The van der Waals surface area contributed by atoms with Gasteiger partial charge < -0.3 is 9.64 Å². The minimum atomic E-state index is -0.953. The molecule has 3 heterocycles. The van der Waals surface area contributed by atoms with E-state index in [4.69, 9.17) is 33.5 Å². The van der Waals surface area contributed by atoms with E-state index in [0.29, 0.717) is 46.5 Å². The van der Waals surface area contributed by atoms with Crippen molar-refractivity contribution in [3.63, 3.8) is 0 Å². The van der Waals surface area contributed by atoms with Gasteiger partial charge in [0.2, 0.25) is 5.88 Å². The van der Waals surface area contributed by atoms with E-state index in [-0.39, 0.29) is 11.8 Å². The molecule has 10 heteroatoms. The van der Waals surface area contributed by atoms with Gasteiger partial charge in [-0.05, 0) is 46.8 Å². The Morgan fingerprint density at radius 1 is 1.11 bits per heavy atom. The van der Waals surface area contributed by atoms with Gasteiger partial charge in [-0.15, -0.1) is 0 Å². The van der Waals surface area contributed by atoms with Crippen molar-refractivity contribution in [1.82, 2.24) is 14.9 Å². The maximum Gasteiger partial charge on any atom is 0.201 e. The Kier molecular flexibility index (Phi) is 6.11. The molecule has 0 saturated carbocycles. The van der Waals surface area contributed by atoms with Crippen molar-refractivity contribution in [2.75, 3.05) is 13.7 Å². The number of rotatable bonds is 6. The first-order valence-electron chi connectivity index (χ1n) is 10.9. The van der Waals surface area contributed by atoms with E-state index in [2.05, 4.69) is 20.0 Å². The van der Waals surface area contributed by atoms with Crippen LogP contribution in [-0.2, 0) is 16.0 Å². The van der Waals surface area contributed by atoms with Gasteiger partial charge in [0, 0.05) is 45.9 Å². The van der Waals surface area contributed by atoms with Gasteiger partial charge in [0.1, 0.15) is 11.9 Å². The van der Waals surface area contributed by atoms with E-state index in [1.165, 1.54) is 13.4 Å². The van der Waals surface area contributed by atoms with Crippen molar-refractivity contribution in [3.05, 3.63) is 98.7 Å². The van der Waals surface area contributed by atoms with Gasteiger partial charge in [0.05, 0.1) is 18.7 Å². The molecule has 1 fully saturated rings. The average molecular weight is 507 g/mol. The second-order valence-electron chi connectivity index (χ2n) is 8.58. The molecule has 2 aliphatic rings. The van der Waals surface area contributed by atoms with Crippen LogP contribution in [0, 0.1) is 0 Å². The Labute approximate surface area is 211 Å². The zero-order chi connectivity index (χ0) is 24.6. The van der Waals surface area contributed by atoms with Gasteiger partial charge in [-0.3, -0.25) is 4.79 Å². The lowest BCUT2D eigenvalue weighted by Crippen LogP contribution is -2.47. The van der Waals surface area contributed by atoms with Crippen LogP contribution in [0.5, 0.6) is 0 Å². The monoisotopic (exact) mass is 506 g/mol. The molecule has 8 nitrogen and oxygen atoms in total. The van der Waals surface area contributed by atoms with Gasteiger partial charge in [-0.2, -0.15) is 0 Å². The van der Waals surface area contributed by atoms with Crippen LogP contribution in [0.3, 0.4) is 0 Å². The highest BCUT2D eigenvalue weighted by atomic mass is 35.5. The van der Waals surface area contributed by atoms with E-state index in [9.17, 15) is 4.79 Å². The number of fused-ring (bicyclic) bond motifs is 1. The van der Waals surface area contributed by atoms with Crippen LogP contribution in [-0.4, -0.2) is 45.9 Å². The average Bonchev–Trinajstić information content (AvgIpc) is 3.30. The molecule has 5 rings (SSSR count). The Morgan fingerprint density at radius 3 is 2.43 bits per heavy atom. The topological polar surface area (TPSA) is 104 Å². The van der Waals surface area contributed by atoms with Crippen LogP contribution in [0.1, 0.15) is 17.5 Å². The van der Waals surface area contributed by atoms with E-state index in [0.717, 1.165) is 16.7 Å². The molecule has 0 aliphatic carbocycles. The van der Waals surface area contributed by atoms with Gasteiger partial charge in [-0.1, -0.05) is 52.6 Å². The number of ketones is 1. The summed E-state index contributed by atoms with van der Waals surface area (Å²) in [6.07, 6.45) is 5.78. The van der Waals surface area contributed by atoms with E-state index < -0.39 is 5.54 Å². The number of benzene rings is 2. The summed E-state index contributed by atoms with van der Waals surface area (Å²) in [7, 11) is 1.53. The van der Waals surface area contributed by atoms with Crippen LogP contribution < -0.4 is 0 Å². The summed E-state index contributed by atoms with van der Waals surface area (Å²) in [5.74, 6) is 0.325. The second kappa shape index (κ2) is 9.23. The van der Waals surface area contributed by atoms with Crippen molar-refractivity contribution < 1.29 is 9.53 Å². The molecule has 2 atom stereocenters. The lowest BCUT2D eigenvalue weighted by molar-refractivity contribution is -0.121. The molecule has 1 saturated heterocycles. The number of hydrogen-bond acceptors (Lipinski definition) is 6. The molecule has 1 aromatic heterocycles. The van der Waals surface area contributed by atoms with Gasteiger partial charge >= 0.3 is 0 Å². The van der Waals surface area contributed by atoms with E-state index in [1.807, 2.05) is 29.2 Å².